The van der Waals surface area contributed by atoms with Gasteiger partial charge >= 0.3 is 0 Å². The second kappa shape index (κ2) is 11.9. The SMILES string of the molecule is Cc1ccc(OCCN(C)C(=O)Cn2cc(NC(=O)CCNc3ccc(Cl)cn3)cn2)cc1. The quantitative estimate of drug-likeness (QED) is 0.446. The van der Waals surface area contributed by atoms with Crippen LogP contribution in [-0.4, -0.2) is 58.2 Å². The van der Waals surface area contributed by atoms with E-state index in [-0.39, 0.29) is 24.8 Å². The van der Waals surface area contributed by atoms with Gasteiger partial charge in [-0.3, -0.25) is 14.3 Å². The van der Waals surface area contributed by atoms with Gasteiger partial charge in [0.1, 0.15) is 24.7 Å². The van der Waals surface area contributed by atoms with E-state index in [1.165, 1.54) is 17.1 Å². The molecule has 0 aliphatic carbocycles. The van der Waals surface area contributed by atoms with Crippen molar-refractivity contribution in [1.82, 2.24) is 19.7 Å². The van der Waals surface area contributed by atoms with Gasteiger partial charge < -0.3 is 20.3 Å². The zero-order chi connectivity index (χ0) is 23.6. The summed E-state index contributed by atoms with van der Waals surface area (Å²) in [4.78, 5) is 30.3. The number of hydrogen-bond acceptors (Lipinski definition) is 6. The van der Waals surface area contributed by atoms with E-state index in [4.69, 9.17) is 16.3 Å². The Kier molecular flexibility index (Phi) is 8.65. The summed E-state index contributed by atoms with van der Waals surface area (Å²) in [7, 11) is 1.72. The molecular formula is C23H27ClN6O3. The number of ether oxygens (including phenoxy) is 1. The number of anilines is 2. The minimum absolute atomic E-state index is 0.0701. The Hall–Kier alpha value is -3.59. The maximum Gasteiger partial charge on any atom is 0.244 e. The molecule has 10 heteroatoms. The lowest BCUT2D eigenvalue weighted by Crippen LogP contribution is -2.33. The molecule has 2 amide bonds. The average Bonchev–Trinajstić information content (AvgIpc) is 3.22. The van der Waals surface area contributed by atoms with Crippen LogP contribution in [0, 0.1) is 6.92 Å². The van der Waals surface area contributed by atoms with Gasteiger partial charge in [0.2, 0.25) is 11.8 Å². The molecule has 174 valence electrons. The maximum absolute atomic E-state index is 12.4. The van der Waals surface area contributed by atoms with Crippen LogP contribution in [0.1, 0.15) is 12.0 Å². The molecule has 0 spiro atoms. The normalized spacial score (nSPS) is 10.5. The summed E-state index contributed by atoms with van der Waals surface area (Å²) < 4.78 is 7.16. The van der Waals surface area contributed by atoms with E-state index in [0.717, 1.165) is 11.3 Å². The van der Waals surface area contributed by atoms with Crippen molar-refractivity contribution in [3.8, 4) is 5.75 Å². The molecule has 0 unspecified atom stereocenters. The summed E-state index contributed by atoms with van der Waals surface area (Å²) in [5, 5.41) is 10.5. The molecule has 0 saturated carbocycles. The minimum atomic E-state index is -0.173. The number of nitrogens with one attached hydrogen (secondary N) is 2. The highest BCUT2D eigenvalue weighted by molar-refractivity contribution is 6.30. The average molecular weight is 471 g/mol. The van der Waals surface area contributed by atoms with Gasteiger partial charge in [-0.1, -0.05) is 29.3 Å². The van der Waals surface area contributed by atoms with Crippen LogP contribution in [0.2, 0.25) is 5.02 Å². The number of likely N-dealkylation sites (N-methyl/N-ethyl adjacent to an activating group) is 1. The van der Waals surface area contributed by atoms with E-state index in [0.29, 0.717) is 36.2 Å². The van der Waals surface area contributed by atoms with Crippen molar-refractivity contribution in [1.29, 1.82) is 0 Å². The van der Waals surface area contributed by atoms with E-state index in [9.17, 15) is 9.59 Å². The van der Waals surface area contributed by atoms with Gasteiger partial charge in [-0.15, -0.1) is 0 Å². The largest absolute Gasteiger partial charge is 0.492 e. The molecule has 2 N–H and O–H groups in total. The molecule has 3 rings (SSSR count). The summed E-state index contributed by atoms with van der Waals surface area (Å²) >= 11 is 5.80. The standard InChI is InChI=1S/C23H27ClN6O3/c1-17-3-6-20(7-4-17)33-12-11-29(2)23(32)16-30-15-19(14-27-30)28-22(31)9-10-25-21-8-5-18(24)13-26-21/h3-8,13-15H,9-12,16H2,1-2H3,(H,25,26)(H,28,31). The van der Waals surface area contributed by atoms with Gasteiger partial charge in [0.25, 0.3) is 0 Å². The van der Waals surface area contributed by atoms with Crippen molar-refractivity contribution < 1.29 is 14.3 Å². The van der Waals surface area contributed by atoms with Crippen LogP contribution >= 0.6 is 11.6 Å². The predicted molar refractivity (Wildman–Crippen MR) is 128 cm³/mol. The Morgan fingerprint density at radius 3 is 2.67 bits per heavy atom. The van der Waals surface area contributed by atoms with Gasteiger partial charge in [-0.05, 0) is 31.2 Å². The lowest BCUT2D eigenvalue weighted by Gasteiger charge is -2.17. The van der Waals surface area contributed by atoms with Crippen LogP contribution < -0.4 is 15.4 Å². The van der Waals surface area contributed by atoms with Crippen molar-refractivity contribution in [2.24, 2.45) is 0 Å². The third-order valence-electron chi connectivity index (χ3n) is 4.74. The molecule has 0 fully saturated rings. The van der Waals surface area contributed by atoms with Gasteiger partial charge in [0.15, 0.2) is 0 Å². The first kappa shape index (κ1) is 24.1. The lowest BCUT2D eigenvalue weighted by atomic mass is 10.2. The smallest absolute Gasteiger partial charge is 0.244 e. The number of hydrogen-bond donors (Lipinski definition) is 2. The van der Waals surface area contributed by atoms with Crippen molar-refractivity contribution in [2.45, 2.75) is 19.9 Å². The zero-order valence-corrected chi connectivity index (χ0v) is 19.4. The summed E-state index contributed by atoms with van der Waals surface area (Å²) in [5.41, 5.74) is 1.69. The highest BCUT2D eigenvalue weighted by atomic mass is 35.5. The molecule has 9 nitrogen and oxygen atoms in total. The third-order valence-corrected chi connectivity index (χ3v) is 4.97. The van der Waals surface area contributed by atoms with Crippen LogP contribution in [0.5, 0.6) is 5.75 Å². The fraction of sp³-hybridized carbons (Fsp3) is 0.304. The van der Waals surface area contributed by atoms with Crippen LogP contribution in [-0.2, 0) is 16.1 Å². The second-order valence-electron chi connectivity index (χ2n) is 7.49. The Bertz CT molecular complexity index is 1050. The van der Waals surface area contributed by atoms with Crippen LogP contribution in [0.4, 0.5) is 11.5 Å². The van der Waals surface area contributed by atoms with Gasteiger partial charge in [0.05, 0.1) is 23.5 Å². The summed E-state index contributed by atoms with van der Waals surface area (Å²) in [6.07, 6.45) is 4.92. The molecule has 0 aliphatic rings. The number of rotatable bonds is 11. The van der Waals surface area contributed by atoms with Crippen LogP contribution in [0.25, 0.3) is 0 Å². The van der Waals surface area contributed by atoms with E-state index in [1.807, 2.05) is 31.2 Å². The third kappa shape index (κ3) is 8.12. The molecule has 0 atom stereocenters. The van der Waals surface area contributed by atoms with Crippen molar-refractivity contribution in [2.75, 3.05) is 37.4 Å². The molecule has 2 heterocycles. The maximum atomic E-state index is 12.4. The highest BCUT2D eigenvalue weighted by Gasteiger charge is 2.12. The fourth-order valence-electron chi connectivity index (χ4n) is 2.84. The zero-order valence-electron chi connectivity index (χ0n) is 18.6. The first-order valence-corrected chi connectivity index (χ1v) is 10.9. The van der Waals surface area contributed by atoms with Crippen molar-refractivity contribution in [3.05, 3.63) is 65.6 Å². The molecule has 0 aliphatic heterocycles. The molecule has 0 saturated heterocycles. The number of benzene rings is 1. The van der Waals surface area contributed by atoms with E-state index >= 15 is 0 Å². The van der Waals surface area contributed by atoms with E-state index in [2.05, 4.69) is 20.7 Å². The Morgan fingerprint density at radius 2 is 1.94 bits per heavy atom. The molecule has 33 heavy (non-hydrogen) atoms. The molecule has 0 radical (unpaired) electrons. The molecule has 2 aromatic heterocycles. The number of carbonyl (C=O) groups is 2. The Balaban J connectivity index is 1.36. The molecule has 1 aromatic carbocycles. The molecule has 0 bridgehead atoms. The summed E-state index contributed by atoms with van der Waals surface area (Å²) in [6, 6.07) is 11.2. The summed E-state index contributed by atoms with van der Waals surface area (Å²) in [5.74, 6) is 1.14. The first-order chi connectivity index (χ1) is 15.9. The van der Waals surface area contributed by atoms with E-state index in [1.54, 1.807) is 30.3 Å². The number of carbonyl (C=O) groups excluding carboxylic acids is 2. The number of halogens is 1. The van der Waals surface area contributed by atoms with E-state index < -0.39 is 0 Å². The van der Waals surface area contributed by atoms with Crippen LogP contribution in [0.3, 0.4) is 0 Å². The Morgan fingerprint density at radius 1 is 1.15 bits per heavy atom. The molecule has 3 aromatic rings. The second-order valence-corrected chi connectivity index (χ2v) is 7.93. The van der Waals surface area contributed by atoms with Gasteiger partial charge in [0, 0.05) is 32.4 Å². The number of aromatic nitrogens is 3. The first-order valence-electron chi connectivity index (χ1n) is 10.5. The van der Waals surface area contributed by atoms with Crippen molar-refractivity contribution >= 4 is 34.9 Å². The summed E-state index contributed by atoms with van der Waals surface area (Å²) in [6.45, 7) is 3.35. The number of aryl methyl sites for hydroxylation is 1. The van der Waals surface area contributed by atoms with Crippen LogP contribution in [0.15, 0.2) is 55.0 Å². The Labute approximate surface area is 197 Å². The van der Waals surface area contributed by atoms with Gasteiger partial charge in [-0.2, -0.15) is 5.10 Å². The number of pyridine rings is 1. The monoisotopic (exact) mass is 470 g/mol. The fourth-order valence-corrected chi connectivity index (χ4v) is 2.95. The topological polar surface area (TPSA) is 101 Å². The predicted octanol–water partition coefficient (Wildman–Crippen LogP) is 3.22. The highest BCUT2D eigenvalue weighted by Crippen LogP contribution is 2.12. The molecular weight excluding hydrogens is 444 g/mol. The minimum Gasteiger partial charge on any atom is -0.492 e. The number of nitrogens with zero attached hydrogens (tertiary/aromatic N) is 4. The number of amides is 2. The van der Waals surface area contributed by atoms with Crippen molar-refractivity contribution in [3.63, 3.8) is 0 Å². The van der Waals surface area contributed by atoms with Gasteiger partial charge in [-0.25, -0.2) is 4.98 Å². The lowest BCUT2D eigenvalue weighted by molar-refractivity contribution is -0.131.